The van der Waals surface area contributed by atoms with Crippen molar-refractivity contribution in [3.05, 3.63) is 89.3 Å². The van der Waals surface area contributed by atoms with E-state index >= 15 is 0 Å². The number of rotatable bonds is 4. The number of benzene rings is 2. The van der Waals surface area contributed by atoms with Crippen LogP contribution in [0.3, 0.4) is 0 Å². The van der Waals surface area contributed by atoms with Gasteiger partial charge in [0, 0.05) is 24.0 Å². The van der Waals surface area contributed by atoms with Crippen LogP contribution in [-0.2, 0) is 15.7 Å². The molecule has 1 aliphatic heterocycles. The minimum atomic E-state index is -4.39. The molecule has 1 unspecified atom stereocenters. The lowest BCUT2D eigenvalue weighted by atomic mass is 9.84. The zero-order valence-corrected chi connectivity index (χ0v) is 15.5. The van der Waals surface area contributed by atoms with Crippen molar-refractivity contribution in [2.24, 2.45) is 0 Å². The maximum atomic E-state index is 12.8. The lowest BCUT2D eigenvalue weighted by Gasteiger charge is -2.30. The second kappa shape index (κ2) is 7.92. The lowest BCUT2D eigenvalue weighted by molar-refractivity contribution is -0.139. The third-order valence-corrected chi connectivity index (χ3v) is 4.52. The van der Waals surface area contributed by atoms with Crippen molar-refractivity contribution in [2.75, 3.05) is 11.5 Å². The van der Waals surface area contributed by atoms with Crippen molar-refractivity contribution < 1.29 is 22.7 Å². The van der Waals surface area contributed by atoms with Crippen molar-refractivity contribution in [1.82, 2.24) is 0 Å². The molecule has 0 aromatic heterocycles. The average molecular weight is 387 g/mol. The summed E-state index contributed by atoms with van der Waals surface area (Å²) in [6, 6.07) is 14.4. The molecule has 2 aromatic carbocycles. The Kier molecular flexibility index (Phi) is 5.58. The lowest BCUT2D eigenvalue weighted by Crippen LogP contribution is -2.25. The molecule has 0 saturated heterocycles. The Labute approximate surface area is 161 Å². The Morgan fingerprint density at radius 3 is 2.25 bits per heavy atom. The molecule has 146 valence electrons. The second-order valence-electron chi connectivity index (χ2n) is 6.47. The van der Waals surface area contributed by atoms with Crippen LogP contribution in [0.1, 0.15) is 30.9 Å². The third-order valence-electron chi connectivity index (χ3n) is 4.52. The van der Waals surface area contributed by atoms with Gasteiger partial charge < -0.3 is 9.64 Å². The van der Waals surface area contributed by atoms with Crippen molar-refractivity contribution in [3.8, 4) is 0 Å². The van der Waals surface area contributed by atoms with Crippen molar-refractivity contribution in [1.29, 1.82) is 0 Å². The molecule has 0 saturated carbocycles. The number of hydrogen-bond donors (Lipinski definition) is 0. The van der Waals surface area contributed by atoms with Gasteiger partial charge in [-0.2, -0.15) is 13.2 Å². The molecule has 1 heterocycles. The number of alkyl halides is 3. The number of carbonyl (C=O) groups excluding carboxylic acids is 1. The standard InChI is InChI=1S/C22H20F3NO2/c1-3-28-21(27)19-14-26(18-11-9-17(10-12-18)22(23,24)25)13-15(2)20(19)16-7-5-4-6-8-16/h4-14,20H,3H2,1-2H3. The zero-order valence-electron chi connectivity index (χ0n) is 15.5. The van der Waals surface area contributed by atoms with E-state index in [1.165, 1.54) is 12.1 Å². The van der Waals surface area contributed by atoms with Gasteiger partial charge in [0.15, 0.2) is 0 Å². The van der Waals surface area contributed by atoms with Crippen LogP contribution in [0.4, 0.5) is 18.9 Å². The molecule has 0 radical (unpaired) electrons. The Balaban J connectivity index is 2.00. The molecule has 0 aliphatic carbocycles. The molecule has 6 heteroatoms. The van der Waals surface area contributed by atoms with Gasteiger partial charge in [-0.15, -0.1) is 0 Å². The summed E-state index contributed by atoms with van der Waals surface area (Å²) in [6.07, 6.45) is -0.940. The molecule has 1 aliphatic rings. The summed E-state index contributed by atoms with van der Waals surface area (Å²) in [6.45, 7) is 3.86. The summed E-state index contributed by atoms with van der Waals surface area (Å²) < 4.78 is 43.7. The number of halogens is 3. The molecule has 2 aromatic rings. The highest BCUT2D eigenvalue weighted by atomic mass is 19.4. The fourth-order valence-corrected chi connectivity index (χ4v) is 3.25. The van der Waals surface area contributed by atoms with E-state index in [2.05, 4.69) is 0 Å². The Hall–Kier alpha value is -3.02. The van der Waals surface area contributed by atoms with E-state index in [1.54, 1.807) is 18.0 Å². The highest BCUT2D eigenvalue weighted by molar-refractivity contribution is 5.92. The maximum Gasteiger partial charge on any atom is 0.416 e. The molecule has 3 nitrogen and oxygen atoms in total. The summed E-state index contributed by atoms with van der Waals surface area (Å²) in [5.74, 6) is -0.716. The van der Waals surface area contributed by atoms with Gasteiger partial charge in [0.25, 0.3) is 0 Å². The van der Waals surface area contributed by atoms with Gasteiger partial charge in [0.1, 0.15) is 0 Å². The smallest absolute Gasteiger partial charge is 0.416 e. The number of anilines is 1. The molecule has 0 bridgehead atoms. The largest absolute Gasteiger partial charge is 0.463 e. The first-order valence-corrected chi connectivity index (χ1v) is 8.89. The van der Waals surface area contributed by atoms with Crippen LogP contribution >= 0.6 is 0 Å². The molecule has 28 heavy (non-hydrogen) atoms. The summed E-state index contributed by atoms with van der Waals surface area (Å²) >= 11 is 0. The van der Waals surface area contributed by atoms with Gasteiger partial charge in [-0.3, -0.25) is 0 Å². The van der Waals surface area contributed by atoms with Crippen molar-refractivity contribution in [2.45, 2.75) is 25.9 Å². The van der Waals surface area contributed by atoms with Gasteiger partial charge >= 0.3 is 12.1 Å². The number of ether oxygens (including phenoxy) is 1. The van der Waals surface area contributed by atoms with Crippen LogP contribution in [0.5, 0.6) is 0 Å². The first-order valence-electron chi connectivity index (χ1n) is 8.89. The highest BCUT2D eigenvalue weighted by Crippen LogP contribution is 2.38. The Morgan fingerprint density at radius 2 is 1.68 bits per heavy atom. The van der Waals surface area contributed by atoms with Crippen LogP contribution < -0.4 is 4.90 Å². The minimum Gasteiger partial charge on any atom is -0.463 e. The van der Waals surface area contributed by atoms with Gasteiger partial charge in [0.2, 0.25) is 0 Å². The fourth-order valence-electron chi connectivity index (χ4n) is 3.25. The summed E-state index contributed by atoms with van der Waals surface area (Å²) in [4.78, 5) is 14.3. The van der Waals surface area contributed by atoms with E-state index in [1.807, 2.05) is 43.5 Å². The molecule has 3 rings (SSSR count). The average Bonchev–Trinajstić information content (AvgIpc) is 2.67. The SMILES string of the molecule is CCOC(=O)C1=CN(c2ccc(C(F)(F)F)cc2)C=C(C)C1c1ccccc1. The summed E-state index contributed by atoms with van der Waals surface area (Å²) in [5, 5.41) is 0. The predicted molar refractivity (Wildman–Crippen MR) is 102 cm³/mol. The van der Waals surface area contributed by atoms with Crippen LogP contribution in [0.2, 0.25) is 0 Å². The molecule has 0 amide bonds. The number of allylic oxidation sites excluding steroid dienone is 1. The van der Waals surface area contributed by atoms with E-state index < -0.39 is 17.7 Å². The fraction of sp³-hybridized carbons (Fsp3) is 0.227. The summed E-state index contributed by atoms with van der Waals surface area (Å²) in [7, 11) is 0. The third kappa shape index (κ3) is 4.11. The van der Waals surface area contributed by atoms with Crippen LogP contribution in [0.25, 0.3) is 0 Å². The first kappa shape index (κ1) is 19.7. The van der Waals surface area contributed by atoms with Gasteiger partial charge in [-0.25, -0.2) is 4.79 Å². The second-order valence-corrected chi connectivity index (χ2v) is 6.47. The topological polar surface area (TPSA) is 29.5 Å². The van der Waals surface area contributed by atoms with Gasteiger partial charge in [-0.1, -0.05) is 30.3 Å². The van der Waals surface area contributed by atoms with Crippen molar-refractivity contribution >= 4 is 11.7 Å². The van der Waals surface area contributed by atoms with Gasteiger partial charge in [0.05, 0.1) is 17.7 Å². The van der Waals surface area contributed by atoms with E-state index in [4.69, 9.17) is 4.74 Å². The number of hydrogen-bond acceptors (Lipinski definition) is 3. The van der Waals surface area contributed by atoms with E-state index in [-0.39, 0.29) is 12.5 Å². The number of carbonyl (C=O) groups is 1. The predicted octanol–water partition coefficient (Wildman–Crippen LogP) is 5.66. The zero-order chi connectivity index (χ0) is 20.3. The quantitative estimate of drug-likeness (QED) is 0.634. The minimum absolute atomic E-state index is 0.237. The highest BCUT2D eigenvalue weighted by Gasteiger charge is 2.31. The van der Waals surface area contributed by atoms with E-state index in [0.717, 1.165) is 23.3 Å². The van der Waals surface area contributed by atoms with Crippen molar-refractivity contribution in [3.63, 3.8) is 0 Å². The number of nitrogens with zero attached hydrogens (tertiary/aromatic N) is 1. The number of esters is 1. The Morgan fingerprint density at radius 1 is 1.04 bits per heavy atom. The normalized spacial score (nSPS) is 17.0. The molecular formula is C22H20F3NO2. The molecule has 0 spiro atoms. The summed E-state index contributed by atoms with van der Waals surface area (Å²) in [5.41, 5.74) is 2.08. The molecule has 0 N–H and O–H groups in total. The van der Waals surface area contributed by atoms with Crippen LogP contribution in [-0.4, -0.2) is 12.6 Å². The van der Waals surface area contributed by atoms with Gasteiger partial charge in [-0.05, 0) is 49.2 Å². The van der Waals surface area contributed by atoms with E-state index in [9.17, 15) is 18.0 Å². The first-order chi connectivity index (χ1) is 13.3. The van der Waals surface area contributed by atoms with Crippen LogP contribution in [0, 0.1) is 0 Å². The van der Waals surface area contributed by atoms with E-state index in [0.29, 0.717) is 11.3 Å². The molecule has 0 fully saturated rings. The van der Waals surface area contributed by atoms with Crippen LogP contribution in [0.15, 0.2) is 78.1 Å². The molecule has 1 atom stereocenters. The monoisotopic (exact) mass is 387 g/mol. The molecular weight excluding hydrogens is 367 g/mol. The maximum absolute atomic E-state index is 12.8. The Bertz CT molecular complexity index is 900.